The van der Waals surface area contributed by atoms with Gasteiger partial charge in [0.15, 0.2) is 0 Å². The van der Waals surface area contributed by atoms with Crippen LogP contribution in [-0.2, 0) is 11.2 Å². The van der Waals surface area contributed by atoms with E-state index in [1.807, 2.05) is 6.07 Å². The first-order chi connectivity index (χ1) is 10.7. The minimum absolute atomic E-state index is 0. The minimum atomic E-state index is -0.711. The van der Waals surface area contributed by atoms with Gasteiger partial charge in [-0.3, -0.25) is 4.79 Å². The fourth-order valence-corrected chi connectivity index (χ4v) is 3.23. The number of carbonyl (C=O) groups is 1. The Labute approximate surface area is 143 Å². The van der Waals surface area contributed by atoms with E-state index in [9.17, 15) is 4.79 Å². The van der Waals surface area contributed by atoms with Gasteiger partial charge in [0.1, 0.15) is 0 Å². The number of carboxylic acids is 1. The topological polar surface area (TPSA) is 40.5 Å². The van der Waals surface area contributed by atoms with Crippen LogP contribution < -0.4 is 4.90 Å². The fourth-order valence-electron chi connectivity index (χ4n) is 3.23. The lowest BCUT2D eigenvalue weighted by Gasteiger charge is -2.25. The van der Waals surface area contributed by atoms with E-state index in [0.29, 0.717) is 0 Å². The van der Waals surface area contributed by atoms with Gasteiger partial charge in [-0.25, -0.2) is 0 Å². The predicted molar refractivity (Wildman–Crippen MR) is 95.6 cm³/mol. The first kappa shape index (κ1) is 17.4. The summed E-state index contributed by atoms with van der Waals surface area (Å²) in [4.78, 5) is 13.2. The molecular formula is C19H22ClNO2. The molecule has 3 nitrogen and oxygen atoms in total. The lowest BCUT2D eigenvalue weighted by Crippen LogP contribution is -2.31. The quantitative estimate of drug-likeness (QED) is 0.895. The van der Waals surface area contributed by atoms with Crippen LogP contribution in [0.5, 0.6) is 0 Å². The molecule has 1 heterocycles. The summed E-state index contributed by atoms with van der Waals surface area (Å²) in [6.07, 6.45) is 3.20. The number of hydrogen-bond acceptors (Lipinski definition) is 2. The third-order valence-corrected chi connectivity index (χ3v) is 4.31. The third-order valence-electron chi connectivity index (χ3n) is 4.31. The second-order valence-corrected chi connectivity index (χ2v) is 5.92. The van der Waals surface area contributed by atoms with Gasteiger partial charge in [-0.05, 0) is 42.5 Å². The summed E-state index contributed by atoms with van der Waals surface area (Å²) in [7, 11) is 0. The van der Waals surface area contributed by atoms with Gasteiger partial charge in [-0.2, -0.15) is 0 Å². The number of hydrogen-bond donors (Lipinski definition) is 1. The Morgan fingerprint density at radius 3 is 2.35 bits per heavy atom. The average molecular weight is 332 g/mol. The van der Waals surface area contributed by atoms with Crippen molar-refractivity contribution in [2.45, 2.75) is 31.7 Å². The lowest BCUT2D eigenvalue weighted by molar-refractivity contribution is -0.137. The first-order valence-electron chi connectivity index (χ1n) is 7.83. The summed E-state index contributed by atoms with van der Waals surface area (Å²) in [5.74, 6) is -0.711. The highest BCUT2D eigenvalue weighted by molar-refractivity contribution is 5.85. The van der Waals surface area contributed by atoms with Crippen LogP contribution in [0.3, 0.4) is 0 Å². The number of aliphatic carboxylic acids is 1. The van der Waals surface area contributed by atoms with E-state index >= 15 is 0 Å². The van der Waals surface area contributed by atoms with Gasteiger partial charge in [0.25, 0.3) is 0 Å². The molecular weight excluding hydrogens is 310 g/mol. The van der Waals surface area contributed by atoms with E-state index < -0.39 is 5.97 Å². The predicted octanol–water partition coefficient (Wildman–Crippen LogP) is 4.14. The molecule has 0 bridgehead atoms. The molecule has 1 atom stereocenters. The molecule has 1 fully saturated rings. The van der Waals surface area contributed by atoms with Crippen LogP contribution >= 0.6 is 12.4 Å². The molecule has 0 spiro atoms. The molecule has 3 rings (SSSR count). The highest BCUT2D eigenvalue weighted by atomic mass is 35.5. The van der Waals surface area contributed by atoms with E-state index in [1.165, 1.54) is 11.1 Å². The number of halogens is 1. The van der Waals surface area contributed by atoms with Crippen molar-refractivity contribution in [3.8, 4) is 0 Å². The lowest BCUT2D eigenvalue weighted by atomic mass is 10.0. The third kappa shape index (κ3) is 4.49. The molecule has 4 heteroatoms. The molecule has 2 aromatic carbocycles. The SMILES string of the molecule is Cl.O=C(O)C[C@@H]1CCCN1c1ccc(Cc2ccccc2)cc1. The Balaban J connectivity index is 0.00000192. The van der Waals surface area contributed by atoms with Crippen molar-refractivity contribution >= 4 is 24.1 Å². The van der Waals surface area contributed by atoms with Gasteiger partial charge in [0.2, 0.25) is 0 Å². The summed E-state index contributed by atoms with van der Waals surface area (Å²) in [5.41, 5.74) is 3.73. The number of rotatable bonds is 5. The van der Waals surface area contributed by atoms with Crippen LogP contribution in [-0.4, -0.2) is 23.7 Å². The summed E-state index contributed by atoms with van der Waals surface area (Å²) in [6.45, 7) is 0.954. The van der Waals surface area contributed by atoms with Gasteiger partial charge in [0.05, 0.1) is 6.42 Å². The highest BCUT2D eigenvalue weighted by Crippen LogP contribution is 2.27. The molecule has 2 aromatic rings. The Morgan fingerprint density at radius 2 is 1.70 bits per heavy atom. The molecule has 0 amide bonds. The molecule has 0 radical (unpaired) electrons. The van der Waals surface area contributed by atoms with Gasteiger partial charge in [-0.15, -0.1) is 12.4 Å². The molecule has 0 unspecified atom stereocenters. The molecule has 1 aliphatic rings. The van der Waals surface area contributed by atoms with Crippen LogP contribution in [0, 0.1) is 0 Å². The highest BCUT2D eigenvalue weighted by Gasteiger charge is 2.26. The second kappa shape index (κ2) is 8.02. The van der Waals surface area contributed by atoms with E-state index in [1.54, 1.807) is 0 Å². The smallest absolute Gasteiger partial charge is 0.305 e. The molecule has 0 aromatic heterocycles. The van der Waals surface area contributed by atoms with E-state index in [2.05, 4.69) is 53.4 Å². The van der Waals surface area contributed by atoms with E-state index in [4.69, 9.17) is 5.11 Å². The molecule has 23 heavy (non-hydrogen) atoms. The largest absolute Gasteiger partial charge is 0.481 e. The van der Waals surface area contributed by atoms with Crippen LogP contribution in [0.2, 0.25) is 0 Å². The fraction of sp³-hybridized carbons (Fsp3) is 0.316. The molecule has 122 valence electrons. The Morgan fingerprint density at radius 1 is 1.04 bits per heavy atom. The van der Waals surface area contributed by atoms with Gasteiger partial charge < -0.3 is 10.0 Å². The number of nitrogens with zero attached hydrogens (tertiary/aromatic N) is 1. The van der Waals surface area contributed by atoms with Crippen molar-refractivity contribution in [3.63, 3.8) is 0 Å². The summed E-state index contributed by atoms with van der Waals surface area (Å²) in [5, 5.41) is 9.02. The number of carboxylic acid groups (broad SMARTS) is 1. The second-order valence-electron chi connectivity index (χ2n) is 5.92. The molecule has 1 aliphatic heterocycles. The Bertz CT molecular complexity index is 628. The summed E-state index contributed by atoms with van der Waals surface area (Å²) in [6, 6.07) is 19.1. The zero-order valence-corrected chi connectivity index (χ0v) is 13.8. The van der Waals surface area contributed by atoms with Gasteiger partial charge in [0, 0.05) is 18.3 Å². The van der Waals surface area contributed by atoms with Crippen molar-refractivity contribution in [1.82, 2.24) is 0 Å². The van der Waals surface area contributed by atoms with Crippen LogP contribution in [0.15, 0.2) is 54.6 Å². The van der Waals surface area contributed by atoms with Crippen molar-refractivity contribution in [3.05, 3.63) is 65.7 Å². The zero-order valence-electron chi connectivity index (χ0n) is 13.0. The minimum Gasteiger partial charge on any atom is -0.481 e. The first-order valence-corrected chi connectivity index (χ1v) is 7.83. The Kier molecular flexibility index (Phi) is 6.05. The standard InChI is InChI=1S/C19H21NO2.ClH/c21-19(22)14-18-7-4-12-20(18)17-10-8-16(9-11-17)13-15-5-2-1-3-6-15;/h1-3,5-6,8-11,18H,4,7,12-14H2,(H,21,22);1H/t18-;/m0./s1. The normalized spacial score (nSPS) is 16.9. The van der Waals surface area contributed by atoms with Crippen molar-refractivity contribution in [1.29, 1.82) is 0 Å². The van der Waals surface area contributed by atoms with Crippen molar-refractivity contribution in [2.24, 2.45) is 0 Å². The van der Waals surface area contributed by atoms with E-state index in [0.717, 1.165) is 31.5 Å². The Hall–Kier alpha value is -2.00. The molecule has 0 aliphatic carbocycles. The zero-order chi connectivity index (χ0) is 15.4. The van der Waals surface area contributed by atoms with Crippen LogP contribution in [0.1, 0.15) is 30.4 Å². The van der Waals surface area contributed by atoms with Gasteiger partial charge >= 0.3 is 5.97 Å². The van der Waals surface area contributed by atoms with Crippen molar-refractivity contribution < 1.29 is 9.90 Å². The molecule has 1 saturated heterocycles. The maximum Gasteiger partial charge on any atom is 0.305 e. The molecule has 0 saturated carbocycles. The van der Waals surface area contributed by atoms with Crippen molar-refractivity contribution in [2.75, 3.05) is 11.4 Å². The summed E-state index contributed by atoms with van der Waals surface area (Å²) < 4.78 is 0. The molecule has 1 N–H and O–H groups in total. The number of anilines is 1. The average Bonchev–Trinajstić information content (AvgIpc) is 2.96. The van der Waals surface area contributed by atoms with Gasteiger partial charge in [-0.1, -0.05) is 42.5 Å². The van der Waals surface area contributed by atoms with E-state index in [-0.39, 0.29) is 24.9 Å². The van der Waals surface area contributed by atoms with Crippen LogP contribution in [0.4, 0.5) is 5.69 Å². The maximum atomic E-state index is 11.0. The monoisotopic (exact) mass is 331 g/mol. The van der Waals surface area contributed by atoms with Crippen LogP contribution in [0.25, 0.3) is 0 Å². The summed E-state index contributed by atoms with van der Waals surface area (Å²) >= 11 is 0. The maximum absolute atomic E-state index is 11.0. The number of benzene rings is 2.